The van der Waals surface area contributed by atoms with Crippen LogP contribution in [0.4, 0.5) is 21.0 Å². The Morgan fingerprint density at radius 2 is 2.12 bits per heavy atom. The Bertz CT molecular complexity index is 1150. The van der Waals surface area contributed by atoms with Crippen LogP contribution in [0.1, 0.15) is 39.4 Å². The number of nitrogens with zero attached hydrogens (tertiary/aromatic N) is 4. The number of hydrogen-bond donors (Lipinski definition) is 3. The van der Waals surface area contributed by atoms with Crippen LogP contribution in [0.5, 0.6) is 0 Å². The van der Waals surface area contributed by atoms with Gasteiger partial charge in [-0.1, -0.05) is 12.1 Å². The summed E-state index contributed by atoms with van der Waals surface area (Å²) in [4.78, 5) is 35.1. The highest BCUT2D eigenvalue weighted by molar-refractivity contribution is 7.10. The molecule has 2 amide bonds. The Balaban J connectivity index is 1.51. The smallest absolute Gasteiger partial charge is 0.271 e. The second kappa shape index (κ2) is 9.27. The summed E-state index contributed by atoms with van der Waals surface area (Å²) in [5.41, 5.74) is 6.34. The molecule has 3 heterocycles. The van der Waals surface area contributed by atoms with E-state index in [0.717, 1.165) is 18.5 Å². The van der Waals surface area contributed by atoms with Gasteiger partial charge in [-0.05, 0) is 49.5 Å². The maximum Gasteiger partial charge on any atom is 0.271 e. The Labute approximate surface area is 188 Å². The van der Waals surface area contributed by atoms with Crippen LogP contribution in [-0.4, -0.2) is 45.3 Å². The zero-order valence-electron chi connectivity index (χ0n) is 17.3. The van der Waals surface area contributed by atoms with Crippen molar-refractivity contribution < 1.29 is 14.0 Å². The van der Waals surface area contributed by atoms with Crippen molar-refractivity contribution in [2.45, 2.75) is 25.8 Å². The quantitative estimate of drug-likeness (QED) is 0.522. The van der Waals surface area contributed by atoms with Gasteiger partial charge in [-0.15, -0.1) is 0 Å². The number of primary amides is 1. The molecule has 0 radical (unpaired) electrons. The van der Waals surface area contributed by atoms with E-state index >= 15 is 0 Å². The van der Waals surface area contributed by atoms with Crippen molar-refractivity contribution >= 4 is 40.0 Å². The van der Waals surface area contributed by atoms with E-state index in [4.69, 9.17) is 5.73 Å². The summed E-state index contributed by atoms with van der Waals surface area (Å²) >= 11 is 1.24. The molecule has 1 unspecified atom stereocenters. The maximum absolute atomic E-state index is 13.9. The van der Waals surface area contributed by atoms with Gasteiger partial charge in [0.05, 0.1) is 17.5 Å². The lowest BCUT2D eigenvalue weighted by molar-refractivity contribution is 0.0927. The number of aryl methyl sites for hydroxylation is 1. The third-order valence-electron chi connectivity index (χ3n) is 5.06. The van der Waals surface area contributed by atoms with Gasteiger partial charge in [0.15, 0.2) is 11.5 Å². The fraction of sp³-hybridized carbons (Fsp3) is 0.286. The van der Waals surface area contributed by atoms with Crippen LogP contribution in [0, 0.1) is 12.7 Å². The lowest BCUT2D eigenvalue weighted by atomic mass is 10.0. The van der Waals surface area contributed by atoms with Crippen molar-refractivity contribution in [3.8, 4) is 0 Å². The summed E-state index contributed by atoms with van der Waals surface area (Å²) in [5, 5.41) is 6.68. The van der Waals surface area contributed by atoms with E-state index in [0.29, 0.717) is 23.9 Å². The molecule has 0 spiro atoms. The first kappa shape index (κ1) is 21.6. The van der Waals surface area contributed by atoms with E-state index in [-0.39, 0.29) is 23.1 Å². The standard InChI is InChI=1S/C21H22FN7O2S/c1-12-9-17(32-28-12)27-20-18(19(23)30)24-10-16(26-20)29-8-4-5-13(11-29)25-21(31)14-6-2-3-7-15(14)22/h2-3,6-7,9-10,13H,4-5,8,11H2,1H3,(H2,23,30)(H,25,31)(H,26,27). The molecule has 0 bridgehead atoms. The number of halogens is 1. The van der Waals surface area contributed by atoms with Gasteiger partial charge in [0.1, 0.15) is 16.6 Å². The molecule has 166 valence electrons. The molecule has 4 rings (SSSR count). The maximum atomic E-state index is 13.9. The first-order chi connectivity index (χ1) is 15.4. The first-order valence-corrected chi connectivity index (χ1v) is 10.9. The van der Waals surface area contributed by atoms with Crippen molar-refractivity contribution in [3.05, 3.63) is 59.3 Å². The summed E-state index contributed by atoms with van der Waals surface area (Å²) in [7, 11) is 0. The molecule has 11 heteroatoms. The first-order valence-electron chi connectivity index (χ1n) is 10.1. The molecule has 1 saturated heterocycles. The number of rotatable bonds is 6. The third kappa shape index (κ3) is 4.83. The number of piperidine rings is 1. The average Bonchev–Trinajstić information content (AvgIpc) is 3.18. The summed E-state index contributed by atoms with van der Waals surface area (Å²) < 4.78 is 18.1. The number of aromatic nitrogens is 3. The van der Waals surface area contributed by atoms with Gasteiger partial charge in [-0.2, -0.15) is 4.37 Å². The van der Waals surface area contributed by atoms with Gasteiger partial charge in [0.2, 0.25) is 0 Å². The lowest BCUT2D eigenvalue weighted by Crippen LogP contribution is -2.48. The average molecular weight is 456 g/mol. The van der Waals surface area contributed by atoms with Crippen molar-refractivity contribution in [2.24, 2.45) is 5.73 Å². The predicted octanol–water partition coefficient (Wildman–Crippen LogP) is 2.62. The minimum atomic E-state index is -0.693. The van der Waals surface area contributed by atoms with Gasteiger partial charge >= 0.3 is 0 Å². The van der Waals surface area contributed by atoms with E-state index in [2.05, 4.69) is 25.0 Å². The van der Waals surface area contributed by atoms with Gasteiger partial charge < -0.3 is 21.3 Å². The number of anilines is 3. The van der Waals surface area contributed by atoms with Gasteiger partial charge in [-0.3, -0.25) is 9.59 Å². The number of benzene rings is 1. The molecule has 2 aromatic heterocycles. The molecule has 3 aromatic rings. The van der Waals surface area contributed by atoms with Crippen molar-refractivity contribution in [2.75, 3.05) is 23.3 Å². The second-order valence-electron chi connectivity index (χ2n) is 7.49. The lowest BCUT2D eigenvalue weighted by Gasteiger charge is -2.34. The second-order valence-corrected chi connectivity index (χ2v) is 8.29. The van der Waals surface area contributed by atoms with E-state index in [9.17, 15) is 14.0 Å². The molecule has 1 aromatic carbocycles. The molecule has 1 aliphatic rings. The van der Waals surface area contributed by atoms with E-state index in [1.807, 2.05) is 17.9 Å². The number of nitrogens with two attached hydrogens (primary N) is 1. The minimum Gasteiger partial charge on any atom is -0.364 e. The summed E-state index contributed by atoms with van der Waals surface area (Å²) in [5.74, 6) is -0.908. The van der Waals surface area contributed by atoms with Crippen LogP contribution in [0.15, 0.2) is 36.5 Å². The SMILES string of the molecule is Cc1cc(Nc2nc(N3CCCC(NC(=O)c4ccccc4F)C3)cnc2C(N)=O)sn1. The Hall–Kier alpha value is -3.60. The van der Waals surface area contributed by atoms with E-state index in [1.54, 1.807) is 12.1 Å². The van der Waals surface area contributed by atoms with Crippen LogP contribution in [-0.2, 0) is 0 Å². The zero-order chi connectivity index (χ0) is 22.7. The summed E-state index contributed by atoms with van der Waals surface area (Å²) in [6.07, 6.45) is 3.05. The van der Waals surface area contributed by atoms with Gasteiger partial charge in [0, 0.05) is 19.1 Å². The molecular weight excluding hydrogens is 433 g/mol. The zero-order valence-corrected chi connectivity index (χ0v) is 18.2. The minimum absolute atomic E-state index is 0.0153. The van der Waals surface area contributed by atoms with E-state index < -0.39 is 17.6 Å². The largest absolute Gasteiger partial charge is 0.364 e. The Kier molecular flexibility index (Phi) is 6.26. The molecule has 0 aliphatic carbocycles. The fourth-order valence-corrected chi connectivity index (χ4v) is 4.21. The van der Waals surface area contributed by atoms with Crippen LogP contribution in [0.25, 0.3) is 0 Å². The van der Waals surface area contributed by atoms with Crippen LogP contribution in [0.3, 0.4) is 0 Å². The van der Waals surface area contributed by atoms with Crippen LogP contribution < -0.4 is 21.3 Å². The normalized spacial score (nSPS) is 15.9. The Morgan fingerprint density at radius 1 is 1.31 bits per heavy atom. The van der Waals surface area contributed by atoms with Gasteiger partial charge in [-0.25, -0.2) is 14.4 Å². The molecule has 1 aliphatic heterocycles. The summed E-state index contributed by atoms with van der Waals surface area (Å²) in [6, 6.07) is 7.53. The molecule has 4 N–H and O–H groups in total. The molecule has 1 atom stereocenters. The monoisotopic (exact) mass is 455 g/mol. The number of carbonyl (C=O) groups excluding carboxylic acids is 2. The molecule has 0 saturated carbocycles. The Morgan fingerprint density at radius 3 is 2.84 bits per heavy atom. The third-order valence-corrected chi connectivity index (χ3v) is 5.86. The van der Waals surface area contributed by atoms with Crippen molar-refractivity contribution in [1.29, 1.82) is 0 Å². The number of nitrogens with one attached hydrogen (secondary N) is 2. The fourth-order valence-electron chi connectivity index (χ4n) is 3.55. The molecular formula is C21H22FN7O2S. The topological polar surface area (TPSA) is 126 Å². The number of carbonyl (C=O) groups is 2. The van der Waals surface area contributed by atoms with Crippen molar-refractivity contribution in [1.82, 2.24) is 19.7 Å². The number of amides is 2. The summed E-state index contributed by atoms with van der Waals surface area (Å²) in [6.45, 7) is 3.04. The number of hydrogen-bond acceptors (Lipinski definition) is 8. The predicted molar refractivity (Wildman–Crippen MR) is 120 cm³/mol. The highest BCUT2D eigenvalue weighted by Gasteiger charge is 2.25. The highest BCUT2D eigenvalue weighted by Crippen LogP contribution is 2.25. The van der Waals surface area contributed by atoms with E-state index in [1.165, 1.54) is 29.9 Å². The van der Waals surface area contributed by atoms with Crippen LogP contribution in [0.2, 0.25) is 0 Å². The van der Waals surface area contributed by atoms with Crippen molar-refractivity contribution in [3.63, 3.8) is 0 Å². The van der Waals surface area contributed by atoms with Gasteiger partial charge in [0.25, 0.3) is 11.8 Å². The molecule has 1 fully saturated rings. The van der Waals surface area contributed by atoms with Crippen LogP contribution >= 0.6 is 11.5 Å². The molecule has 32 heavy (non-hydrogen) atoms. The molecule has 9 nitrogen and oxygen atoms in total. The highest BCUT2D eigenvalue weighted by atomic mass is 32.1.